The molecule has 7 nitrogen and oxygen atoms in total. The third kappa shape index (κ3) is 5.07. The van der Waals surface area contributed by atoms with Crippen LogP contribution in [0.2, 0.25) is 0 Å². The van der Waals surface area contributed by atoms with Crippen LogP contribution in [0.4, 0.5) is 0 Å². The highest BCUT2D eigenvalue weighted by Gasteiger charge is 2.47. The van der Waals surface area contributed by atoms with Crippen molar-refractivity contribution in [1.82, 2.24) is 10.6 Å². The van der Waals surface area contributed by atoms with Gasteiger partial charge in [0, 0.05) is 11.5 Å². The number of Topliss-reactive ketones (excluding diaryl/α,β-unsaturated/α-hetero) is 1. The third-order valence-corrected chi connectivity index (χ3v) is 6.15. The second kappa shape index (κ2) is 9.28. The number of benzene rings is 1. The first kappa shape index (κ1) is 21.1. The molecule has 154 valence electrons. The number of ether oxygens (including phenoxy) is 1. The summed E-state index contributed by atoms with van der Waals surface area (Å²) in [5.41, 5.74) is 0.341. The van der Waals surface area contributed by atoms with E-state index >= 15 is 0 Å². The molecule has 3 atom stereocenters. The summed E-state index contributed by atoms with van der Waals surface area (Å²) in [5, 5.41) is 5.53. The lowest BCUT2D eigenvalue weighted by atomic mass is 9.93. The van der Waals surface area contributed by atoms with Crippen molar-refractivity contribution in [2.45, 2.75) is 37.3 Å². The van der Waals surface area contributed by atoms with Gasteiger partial charge in [0.25, 0.3) is 5.91 Å². The van der Waals surface area contributed by atoms with Crippen molar-refractivity contribution >= 4 is 29.4 Å². The minimum atomic E-state index is -1.11. The molecule has 8 heteroatoms. The predicted octanol–water partition coefficient (Wildman–Crippen LogP) is 2.17. The van der Waals surface area contributed by atoms with E-state index in [9.17, 15) is 14.4 Å². The van der Waals surface area contributed by atoms with Crippen LogP contribution in [-0.2, 0) is 20.1 Å². The van der Waals surface area contributed by atoms with Gasteiger partial charge in [-0.1, -0.05) is 30.3 Å². The van der Waals surface area contributed by atoms with Gasteiger partial charge < -0.3 is 19.8 Å². The van der Waals surface area contributed by atoms with E-state index < -0.39 is 29.5 Å². The van der Waals surface area contributed by atoms with E-state index in [2.05, 4.69) is 10.6 Å². The van der Waals surface area contributed by atoms with Gasteiger partial charge in [-0.15, -0.1) is 0 Å². The molecule has 3 rings (SSSR count). The summed E-state index contributed by atoms with van der Waals surface area (Å²) in [6.45, 7) is 3.36. The van der Waals surface area contributed by atoms with Gasteiger partial charge in [0.2, 0.25) is 5.91 Å². The van der Waals surface area contributed by atoms with E-state index in [1.165, 1.54) is 30.4 Å². The van der Waals surface area contributed by atoms with Gasteiger partial charge in [-0.3, -0.25) is 14.4 Å². The van der Waals surface area contributed by atoms with Gasteiger partial charge in [0.05, 0.1) is 17.9 Å². The second-order valence-electron chi connectivity index (χ2n) is 7.11. The first-order chi connectivity index (χ1) is 13.9. The van der Waals surface area contributed by atoms with Crippen molar-refractivity contribution in [3.05, 3.63) is 60.1 Å². The van der Waals surface area contributed by atoms with Crippen molar-refractivity contribution in [3.8, 4) is 0 Å². The highest BCUT2D eigenvalue weighted by molar-refractivity contribution is 7.98. The molecule has 0 radical (unpaired) electrons. The Bertz CT molecular complexity index is 855. The van der Waals surface area contributed by atoms with Crippen LogP contribution < -0.4 is 10.6 Å². The Morgan fingerprint density at radius 3 is 2.66 bits per heavy atom. The molecule has 1 saturated heterocycles. The van der Waals surface area contributed by atoms with Gasteiger partial charge in [0.1, 0.15) is 24.5 Å². The SMILES string of the molecule is C[C@H]1OCC(=O)[C@]1(C)NC(=O)[C@H](CSCc1ccccc1)NC(=O)c1ccoc1. The zero-order chi connectivity index (χ0) is 20.9. The van der Waals surface area contributed by atoms with Crippen LogP contribution in [0.15, 0.2) is 53.3 Å². The van der Waals surface area contributed by atoms with Crippen molar-refractivity contribution in [2.24, 2.45) is 0 Å². The van der Waals surface area contributed by atoms with E-state index in [4.69, 9.17) is 9.15 Å². The summed E-state index contributed by atoms with van der Waals surface area (Å²) in [4.78, 5) is 37.6. The maximum Gasteiger partial charge on any atom is 0.255 e. The van der Waals surface area contributed by atoms with Gasteiger partial charge in [-0.2, -0.15) is 11.8 Å². The number of nitrogens with one attached hydrogen (secondary N) is 2. The molecule has 0 bridgehead atoms. The molecule has 1 fully saturated rings. The normalized spacial score (nSPS) is 22.3. The molecule has 1 aliphatic heterocycles. The molecule has 29 heavy (non-hydrogen) atoms. The van der Waals surface area contributed by atoms with Crippen LogP contribution in [-0.4, -0.2) is 47.6 Å². The standard InChI is InChI=1S/C21H24N2O5S/c1-14-21(2,18(24)11-28-14)23-20(26)17(22-19(25)16-8-9-27-10-16)13-29-12-15-6-4-3-5-7-15/h3-10,14,17H,11-13H2,1-2H3,(H,22,25)(H,23,26)/t14-,17+,21-/m1/s1. The summed E-state index contributed by atoms with van der Waals surface area (Å²) >= 11 is 1.53. The van der Waals surface area contributed by atoms with E-state index in [1.54, 1.807) is 13.8 Å². The second-order valence-corrected chi connectivity index (χ2v) is 8.14. The maximum atomic E-state index is 13.0. The number of thioether (sulfide) groups is 1. The molecule has 2 amide bonds. The zero-order valence-corrected chi connectivity index (χ0v) is 17.2. The van der Waals surface area contributed by atoms with Crippen molar-refractivity contribution in [3.63, 3.8) is 0 Å². The van der Waals surface area contributed by atoms with Crippen molar-refractivity contribution in [2.75, 3.05) is 12.4 Å². The van der Waals surface area contributed by atoms with Crippen molar-refractivity contribution in [1.29, 1.82) is 0 Å². The molecule has 1 aliphatic rings. The van der Waals surface area contributed by atoms with Crippen LogP contribution in [0.25, 0.3) is 0 Å². The smallest absolute Gasteiger partial charge is 0.255 e. The Morgan fingerprint density at radius 2 is 2.03 bits per heavy atom. The highest BCUT2D eigenvalue weighted by atomic mass is 32.2. The molecular formula is C21H24N2O5S. The summed E-state index contributed by atoms with van der Waals surface area (Å²) in [7, 11) is 0. The lowest BCUT2D eigenvalue weighted by Crippen LogP contribution is -2.60. The fourth-order valence-corrected chi connectivity index (χ4v) is 3.96. The molecule has 0 saturated carbocycles. The number of ketones is 1. The lowest BCUT2D eigenvalue weighted by Gasteiger charge is -2.29. The lowest BCUT2D eigenvalue weighted by molar-refractivity contribution is -0.130. The number of carbonyl (C=O) groups is 3. The summed E-state index contributed by atoms with van der Waals surface area (Å²) < 4.78 is 10.3. The fourth-order valence-electron chi connectivity index (χ4n) is 2.95. The summed E-state index contributed by atoms with van der Waals surface area (Å²) in [5.74, 6) is 0.0309. The molecule has 0 unspecified atom stereocenters. The number of hydrogen-bond donors (Lipinski definition) is 2. The summed E-state index contributed by atoms with van der Waals surface area (Å²) in [6, 6.07) is 10.6. The molecule has 0 aliphatic carbocycles. The van der Waals surface area contributed by atoms with Crippen LogP contribution in [0.5, 0.6) is 0 Å². The number of rotatable bonds is 8. The van der Waals surface area contributed by atoms with E-state index in [0.717, 1.165) is 5.56 Å². The molecule has 2 heterocycles. The Balaban J connectivity index is 1.68. The van der Waals surface area contributed by atoms with Gasteiger partial charge in [0.15, 0.2) is 5.78 Å². The van der Waals surface area contributed by atoms with Crippen LogP contribution >= 0.6 is 11.8 Å². The van der Waals surface area contributed by atoms with E-state index in [1.807, 2.05) is 30.3 Å². The Labute approximate surface area is 173 Å². The van der Waals surface area contributed by atoms with Crippen LogP contribution in [0.3, 0.4) is 0 Å². The third-order valence-electron chi connectivity index (χ3n) is 5.04. The average Bonchev–Trinajstić information content (AvgIpc) is 3.33. The van der Waals surface area contributed by atoms with Crippen molar-refractivity contribution < 1.29 is 23.5 Å². The van der Waals surface area contributed by atoms with Gasteiger partial charge >= 0.3 is 0 Å². The number of hydrogen-bond acceptors (Lipinski definition) is 6. The first-order valence-corrected chi connectivity index (χ1v) is 10.5. The monoisotopic (exact) mass is 416 g/mol. The minimum Gasteiger partial charge on any atom is -0.472 e. The highest BCUT2D eigenvalue weighted by Crippen LogP contribution is 2.22. The molecule has 2 aromatic rings. The minimum absolute atomic E-state index is 0.0350. The van der Waals surface area contributed by atoms with E-state index in [-0.39, 0.29) is 12.4 Å². The maximum absolute atomic E-state index is 13.0. The Kier molecular flexibility index (Phi) is 6.76. The molecule has 1 aromatic heterocycles. The molecule has 2 N–H and O–H groups in total. The average molecular weight is 416 g/mol. The topological polar surface area (TPSA) is 97.6 Å². The number of furan rings is 1. The molecule has 0 spiro atoms. The van der Waals surface area contributed by atoms with Crippen LogP contribution in [0, 0.1) is 0 Å². The predicted molar refractivity (Wildman–Crippen MR) is 110 cm³/mol. The molecular weight excluding hydrogens is 392 g/mol. The van der Waals surface area contributed by atoms with Gasteiger partial charge in [-0.25, -0.2) is 0 Å². The van der Waals surface area contributed by atoms with Crippen LogP contribution in [0.1, 0.15) is 29.8 Å². The first-order valence-electron chi connectivity index (χ1n) is 9.32. The zero-order valence-electron chi connectivity index (χ0n) is 16.3. The number of amides is 2. The largest absolute Gasteiger partial charge is 0.472 e. The Morgan fingerprint density at radius 1 is 1.28 bits per heavy atom. The fraction of sp³-hybridized carbons (Fsp3) is 0.381. The quantitative estimate of drug-likeness (QED) is 0.685. The Hall–Kier alpha value is -2.58. The molecule has 1 aromatic carbocycles. The number of carbonyl (C=O) groups excluding carboxylic acids is 3. The summed E-state index contributed by atoms with van der Waals surface area (Å²) in [6.07, 6.45) is 2.27. The van der Waals surface area contributed by atoms with E-state index in [0.29, 0.717) is 17.1 Å². The van der Waals surface area contributed by atoms with Gasteiger partial charge in [-0.05, 0) is 25.5 Å².